The van der Waals surface area contributed by atoms with Gasteiger partial charge >= 0.3 is 0 Å². The van der Waals surface area contributed by atoms with Crippen molar-refractivity contribution in [3.05, 3.63) is 48.6 Å². The smallest absolute Gasteiger partial charge is 0.111 e. The molecule has 0 bridgehead atoms. The Morgan fingerprint density at radius 1 is 1.31 bits per heavy atom. The minimum atomic E-state index is -0.207. The first-order chi connectivity index (χ1) is 6.37. The highest BCUT2D eigenvalue weighted by atomic mass is 16.5. The van der Waals surface area contributed by atoms with Crippen LogP contribution in [0.5, 0.6) is 0 Å². The fourth-order valence-corrected chi connectivity index (χ4v) is 1.89. The van der Waals surface area contributed by atoms with Gasteiger partial charge < -0.3 is 4.74 Å². The van der Waals surface area contributed by atoms with Crippen molar-refractivity contribution in [2.75, 3.05) is 6.61 Å². The van der Waals surface area contributed by atoms with Gasteiger partial charge in [-0.25, -0.2) is 0 Å². The van der Waals surface area contributed by atoms with E-state index in [4.69, 9.17) is 4.74 Å². The zero-order chi connectivity index (χ0) is 9.15. The van der Waals surface area contributed by atoms with E-state index in [9.17, 15) is 0 Å². The lowest BCUT2D eigenvalue weighted by Crippen LogP contribution is -2.21. The first-order valence-corrected chi connectivity index (χ1v) is 4.70. The first-order valence-electron chi connectivity index (χ1n) is 4.70. The van der Waals surface area contributed by atoms with Gasteiger partial charge in [-0.15, -0.1) is 0 Å². The highest BCUT2D eigenvalue weighted by Crippen LogP contribution is 2.36. The Bertz CT molecular complexity index is 283. The summed E-state index contributed by atoms with van der Waals surface area (Å²) in [5, 5.41) is 0. The van der Waals surface area contributed by atoms with Crippen LogP contribution < -0.4 is 0 Å². The zero-order valence-electron chi connectivity index (χ0n) is 7.70. The van der Waals surface area contributed by atoms with Crippen LogP contribution in [0.15, 0.2) is 43.0 Å². The standard InChI is InChI=1S/C12H14O/c1-2-12(9-6-10-13-12)11-7-4-3-5-8-11/h2-5,7-8H,1,6,9-10H2. The van der Waals surface area contributed by atoms with Gasteiger partial charge in [0.2, 0.25) is 0 Å². The molecule has 0 aliphatic carbocycles. The van der Waals surface area contributed by atoms with Crippen LogP contribution in [0, 0.1) is 0 Å². The molecule has 0 saturated carbocycles. The third-order valence-electron chi connectivity index (χ3n) is 2.64. The van der Waals surface area contributed by atoms with Crippen LogP contribution in [0.1, 0.15) is 18.4 Å². The van der Waals surface area contributed by atoms with Crippen molar-refractivity contribution in [3.8, 4) is 0 Å². The molecule has 1 aromatic rings. The summed E-state index contributed by atoms with van der Waals surface area (Å²) in [5.41, 5.74) is 1.02. The molecular weight excluding hydrogens is 160 g/mol. The minimum Gasteiger partial charge on any atom is -0.366 e. The van der Waals surface area contributed by atoms with E-state index in [1.807, 2.05) is 24.3 Å². The fraction of sp³-hybridized carbons (Fsp3) is 0.333. The first kappa shape index (κ1) is 8.52. The molecule has 1 nitrogen and oxygen atoms in total. The van der Waals surface area contributed by atoms with Crippen LogP contribution in [0.4, 0.5) is 0 Å². The highest BCUT2D eigenvalue weighted by molar-refractivity contribution is 5.27. The Labute approximate surface area is 79.0 Å². The maximum absolute atomic E-state index is 5.76. The Kier molecular flexibility index (Phi) is 2.19. The van der Waals surface area contributed by atoms with Gasteiger partial charge in [0.05, 0.1) is 0 Å². The fourth-order valence-electron chi connectivity index (χ4n) is 1.89. The largest absolute Gasteiger partial charge is 0.366 e. The quantitative estimate of drug-likeness (QED) is 0.626. The van der Waals surface area contributed by atoms with Crippen LogP contribution in [-0.2, 0) is 10.3 Å². The van der Waals surface area contributed by atoms with Crippen LogP contribution in [0.3, 0.4) is 0 Å². The van der Waals surface area contributed by atoms with Gasteiger partial charge in [0.25, 0.3) is 0 Å². The summed E-state index contributed by atoms with van der Waals surface area (Å²) >= 11 is 0. The minimum absolute atomic E-state index is 0.207. The number of ether oxygens (including phenoxy) is 1. The number of rotatable bonds is 2. The van der Waals surface area contributed by atoms with Gasteiger partial charge in [-0.2, -0.15) is 0 Å². The second kappa shape index (κ2) is 3.35. The van der Waals surface area contributed by atoms with E-state index in [2.05, 4.69) is 18.7 Å². The lowest BCUT2D eigenvalue weighted by Gasteiger charge is -2.24. The molecule has 1 aromatic carbocycles. The average molecular weight is 174 g/mol. The van der Waals surface area contributed by atoms with Crippen molar-refractivity contribution >= 4 is 0 Å². The molecule has 2 rings (SSSR count). The van der Waals surface area contributed by atoms with Gasteiger partial charge in [0.1, 0.15) is 5.60 Å². The van der Waals surface area contributed by atoms with Gasteiger partial charge in [-0.1, -0.05) is 43.0 Å². The molecule has 0 N–H and O–H groups in total. The number of hydrogen-bond acceptors (Lipinski definition) is 1. The normalized spacial score (nSPS) is 27.4. The molecule has 1 unspecified atom stereocenters. The molecule has 0 aromatic heterocycles. The monoisotopic (exact) mass is 174 g/mol. The summed E-state index contributed by atoms with van der Waals surface area (Å²) in [6.07, 6.45) is 4.11. The topological polar surface area (TPSA) is 9.23 Å². The second-order valence-electron chi connectivity index (χ2n) is 3.41. The Hall–Kier alpha value is -1.08. The molecule has 0 radical (unpaired) electrons. The summed E-state index contributed by atoms with van der Waals surface area (Å²) < 4.78 is 5.76. The average Bonchev–Trinajstić information content (AvgIpc) is 2.69. The highest BCUT2D eigenvalue weighted by Gasteiger charge is 2.33. The maximum Gasteiger partial charge on any atom is 0.111 e. The van der Waals surface area contributed by atoms with Crippen molar-refractivity contribution in [3.63, 3.8) is 0 Å². The molecule has 0 amide bonds. The number of benzene rings is 1. The molecule has 1 saturated heterocycles. The molecule has 0 spiro atoms. The van der Waals surface area contributed by atoms with E-state index >= 15 is 0 Å². The third kappa shape index (κ3) is 1.40. The summed E-state index contributed by atoms with van der Waals surface area (Å²) in [7, 11) is 0. The van der Waals surface area contributed by atoms with Crippen molar-refractivity contribution in [2.24, 2.45) is 0 Å². The molecule has 1 fully saturated rings. The predicted octanol–water partition coefficient (Wildman–Crippen LogP) is 2.88. The van der Waals surface area contributed by atoms with Gasteiger partial charge in [-0.05, 0) is 18.4 Å². The Morgan fingerprint density at radius 2 is 2.08 bits per heavy atom. The third-order valence-corrected chi connectivity index (χ3v) is 2.64. The van der Waals surface area contributed by atoms with Crippen LogP contribution in [0.2, 0.25) is 0 Å². The summed E-state index contributed by atoms with van der Waals surface area (Å²) in [5.74, 6) is 0. The lowest BCUT2D eigenvalue weighted by molar-refractivity contribution is 0.0431. The number of hydrogen-bond donors (Lipinski definition) is 0. The molecule has 1 aliphatic rings. The predicted molar refractivity (Wildman–Crippen MR) is 53.5 cm³/mol. The van der Waals surface area contributed by atoms with Crippen molar-refractivity contribution in [1.29, 1.82) is 0 Å². The summed E-state index contributed by atoms with van der Waals surface area (Å²) in [4.78, 5) is 0. The van der Waals surface area contributed by atoms with Crippen molar-refractivity contribution in [1.82, 2.24) is 0 Å². The molecule has 13 heavy (non-hydrogen) atoms. The molecule has 1 heterocycles. The lowest BCUT2D eigenvalue weighted by atomic mass is 9.91. The Morgan fingerprint density at radius 3 is 2.62 bits per heavy atom. The van der Waals surface area contributed by atoms with E-state index in [0.717, 1.165) is 19.4 Å². The van der Waals surface area contributed by atoms with Crippen LogP contribution in [0.25, 0.3) is 0 Å². The van der Waals surface area contributed by atoms with E-state index in [1.54, 1.807) is 0 Å². The van der Waals surface area contributed by atoms with Crippen LogP contribution >= 0.6 is 0 Å². The Balaban J connectivity index is 2.36. The van der Waals surface area contributed by atoms with Crippen LogP contribution in [-0.4, -0.2) is 6.61 Å². The van der Waals surface area contributed by atoms with Crippen molar-refractivity contribution in [2.45, 2.75) is 18.4 Å². The molecular formula is C12H14O. The molecule has 68 valence electrons. The van der Waals surface area contributed by atoms with Gasteiger partial charge in [0.15, 0.2) is 0 Å². The molecule has 1 atom stereocenters. The SMILES string of the molecule is C=CC1(c2ccccc2)CCCO1. The summed E-state index contributed by atoms with van der Waals surface area (Å²) in [6.45, 7) is 4.71. The second-order valence-corrected chi connectivity index (χ2v) is 3.41. The van der Waals surface area contributed by atoms with Gasteiger partial charge in [-0.3, -0.25) is 0 Å². The molecule has 1 aliphatic heterocycles. The summed E-state index contributed by atoms with van der Waals surface area (Å²) in [6, 6.07) is 10.3. The van der Waals surface area contributed by atoms with E-state index in [1.165, 1.54) is 5.56 Å². The maximum atomic E-state index is 5.76. The zero-order valence-corrected chi connectivity index (χ0v) is 7.70. The van der Waals surface area contributed by atoms with Gasteiger partial charge in [0, 0.05) is 6.61 Å². The molecule has 1 heteroatoms. The van der Waals surface area contributed by atoms with E-state index in [-0.39, 0.29) is 5.60 Å². The van der Waals surface area contributed by atoms with Crippen molar-refractivity contribution < 1.29 is 4.74 Å². The van der Waals surface area contributed by atoms with E-state index in [0.29, 0.717) is 0 Å². The van der Waals surface area contributed by atoms with E-state index < -0.39 is 0 Å².